The Morgan fingerprint density at radius 1 is 1.38 bits per heavy atom. The van der Waals surface area contributed by atoms with E-state index < -0.39 is 10.0 Å². The molecule has 1 aromatic heterocycles. The maximum absolute atomic E-state index is 12.5. The first-order valence-corrected chi connectivity index (χ1v) is 9.94. The lowest BCUT2D eigenvalue weighted by atomic mass is 9.69. The summed E-state index contributed by atoms with van der Waals surface area (Å²) in [7, 11) is -3.30. The third-order valence-corrected chi connectivity index (χ3v) is 5.82. The zero-order chi connectivity index (χ0) is 17.4. The number of nitrogens with zero attached hydrogens (tertiary/aromatic N) is 2. The largest absolute Gasteiger partial charge is 0.438 e. The number of sulfonamides is 1. The summed E-state index contributed by atoms with van der Waals surface area (Å²) in [6, 6.07) is -0.245. The highest BCUT2D eigenvalue weighted by atomic mass is 32.2. The Morgan fingerprint density at radius 2 is 2.08 bits per heavy atom. The fraction of sp³-hybridized carbons (Fsp3) is 0.733. The molecule has 2 aliphatic heterocycles. The van der Waals surface area contributed by atoms with E-state index in [1.165, 1.54) is 12.6 Å². The van der Waals surface area contributed by atoms with Gasteiger partial charge in [0.15, 0.2) is 6.39 Å². The molecule has 1 aromatic rings. The first-order valence-electron chi connectivity index (χ1n) is 8.05. The number of oxazole rings is 1. The van der Waals surface area contributed by atoms with Crippen LogP contribution in [0.4, 0.5) is 0 Å². The molecule has 0 saturated carbocycles. The highest BCUT2D eigenvalue weighted by Gasteiger charge is 2.45. The number of amides is 1. The third kappa shape index (κ3) is 3.47. The molecule has 0 aromatic carbocycles. The second-order valence-corrected chi connectivity index (χ2v) is 8.47. The summed E-state index contributed by atoms with van der Waals surface area (Å²) in [5.74, 6) is 0.128. The molecule has 0 aliphatic carbocycles. The van der Waals surface area contributed by atoms with Crippen LogP contribution in [-0.4, -0.2) is 62.8 Å². The smallest absolute Gasteiger partial charge is 0.291 e. The van der Waals surface area contributed by atoms with E-state index in [0.717, 1.165) is 19.3 Å². The molecule has 0 unspecified atom stereocenters. The van der Waals surface area contributed by atoms with Crippen molar-refractivity contribution < 1.29 is 22.4 Å². The number of hydrogen-bond acceptors (Lipinski definition) is 6. The van der Waals surface area contributed by atoms with E-state index in [4.69, 9.17) is 9.15 Å². The number of nitrogens with one attached hydrogen (secondary N) is 1. The topological polar surface area (TPSA) is 102 Å². The van der Waals surface area contributed by atoms with Crippen molar-refractivity contribution in [3.63, 3.8) is 0 Å². The number of likely N-dealkylation sites (tertiary alicyclic amines) is 1. The average Bonchev–Trinajstić information content (AvgIpc) is 2.95. The minimum Gasteiger partial charge on any atom is -0.438 e. The van der Waals surface area contributed by atoms with Gasteiger partial charge in [0.25, 0.3) is 5.91 Å². The van der Waals surface area contributed by atoms with Crippen LogP contribution in [0.3, 0.4) is 0 Å². The molecule has 2 aliphatic rings. The Kier molecular flexibility index (Phi) is 4.67. The molecule has 3 rings (SSSR count). The summed E-state index contributed by atoms with van der Waals surface area (Å²) in [5, 5.41) is 0. The van der Waals surface area contributed by atoms with Crippen LogP contribution < -0.4 is 4.72 Å². The van der Waals surface area contributed by atoms with Gasteiger partial charge in [0.05, 0.1) is 24.6 Å². The first kappa shape index (κ1) is 17.4. The van der Waals surface area contributed by atoms with Crippen molar-refractivity contribution in [1.82, 2.24) is 14.6 Å². The average molecular weight is 357 g/mol. The fourth-order valence-corrected chi connectivity index (χ4v) is 4.48. The van der Waals surface area contributed by atoms with E-state index >= 15 is 0 Å². The molecule has 9 heteroatoms. The van der Waals surface area contributed by atoms with E-state index in [1.54, 1.807) is 11.8 Å². The molecule has 8 nitrogen and oxygen atoms in total. The number of carbonyl (C=O) groups excluding carboxylic acids is 1. The van der Waals surface area contributed by atoms with Crippen molar-refractivity contribution in [3.8, 4) is 0 Å². The van der Waals surface area contributed by atoms with Crippen molar-refractivity contribution in [3.05, 3.63) is 17.8 Å². The quantitative estimate of drug-likeness (QED) is 0.847. The number of aromatic nitrogens is 1. The van der Waals surface area contributed by atoms with E-state index in [9.17, 15) is 13.2 Å². The lowest BCUT2D eigenvalue weighted by molar-refractivity contribution is -0.0403. The van der Waals surface area contributed by atoms with Crippen LogP contribution in [0.1, 0.15) is 35.5 Å². The Balaban J connectivity index is 1.70. The molecule has 24 heavy (non-hydrogen) atoms. The first-order chi connectivity index (χ1) is 11.3. The van der Waals surface area contributed by atoms with Gasteiger partial charge in [0, 0.05) is 19.7 Å². The summed E-state index contributed by atoms with van der Waals surface area (Å²) < 4.78 is 36.7. The maximum atomic E-state index is 12.5. The minimum absolute atomic E-state index is 0.153. The van der Waals surface area contributed by atoms with Crippen LogP contribution in [0.15, 0.2) is 10.8 Å². The minimum atomic E-state index is -3.30. The van der Waals surface area contributed by atoms with Crippen molar-refractivity contribution in [2.24, 2.45) is 5.41 Å². The van der Waals surface area contributed by atoms with Crippen LogP contribution in [0.2, 0.25) is 0 Å². The van der Waals surface area contributed by atoms with E-state index in [2.05, 4.69) is 9.71 Å². The molecule has 134 valence electrons. The van der Waals surface area contributed by atoms with Crippen molar-refractivity contribution in [1.29, 1.82) is 0 Å². The molecular weight excluding hydrogens is 334 g/mol. The zero-order valence-electron chi connectivity index (χ0n) is 13.9. The standard InChI is InChI=1S/C15H23N3O5S/c1-11-13(23-10-16-11)14(19)18-6-3-15(4-7-18)5-8-22-9-12(15)17-24(2,20)21/h10,12,17H,3-9H2,1-2H3/t12-/m1/s1. The Hall–Kier alpha value is -1.45. The van der Waals surface area contributed by atoms with Crippen molar-refractivity contribution in [2.75, 3.05) is 32.6 Å². The summed E-state index contributed by atoms with van der Waals surface area (Å²) in [4.78, 5) is 18.2. The highest BCUT2D eigenvalue weighted by molar-refractivity contribution is 7.88. The second kappa shape index (κ2) is 6.45. The van der Waals surface area contributed by atoms with Crippen LogP contribution in [0.5, 0.6) is 0 Å². The summed E-state index contributed by atoms with van der Waals surface area (Å²) in [6.07, 6.45) is 4.72. The van der Waals surface area contributed by atoms with Gasteiger partial charge in [-0.1, -0.05) is 0 Å². The summed E-state index contributed by atoms with van der Waals surface area (Å²) in [5.41, 5.74) is 0.428. The van der Waals surface area contributed by atoms with Crippen LogP contribution >= 0.6 is 0 Å². The number of carbonyl (C=O) groups is 1. The molecule has 0 radical (unpaired) electrons. The van der Waals surface area contributed by atoms with Gasteiger partial charge in [0.1, 0.15) is 0 Å². The van der Waals surface area contributed by atoms with E-state index in [-0.39, 0.29) is 23.1 Å². The van der Waals surface area contributed by atoms with Gasteiger partial charge < -0.3 is 14.1 Å². The van der Waals surface area contributed by atoms with Gasteiger partial charge >= 0.3 is 0 Å². The van der Waals surface area contributed by atoms with Gasteiger partial charge in [-0.3, -0.25) is 4.79 Å². The molecular formula is C15H23N3O5S. The number of piperidine rings is 1. The van der Waals surface area contributed by atoms with Gasteiger partial charge in [0.2, 0.25) is 15.8 Å². The molecule has 1 atom stereocenters. The Labute approximate surface area is 141 Å². The number of rotatable bonds is 3. The normalized spacial score (nSPS) is 24.2. The lowest BCUT2D eigenvalue weighted by Gasteiger charge is -2.48. The molecule has 1 N–H and O–H groups in total. The van der Waals surface area contributed by atoms with Crippen LogP contribution in [-0.2, 0) is 14.8 Å². The second-order valence-electron chi connectivity index (χ2n) is 6.69. The summed E-state index contributed by atoms with van der Waals surface area (Å²) in [6.45, 7) is 3.88. The zero-order valence-corrected chi connectivity index (χ0v) is 14.8. The Bertz CT molecular complexity index is 706. The molecule has 2 saturated heterocycles. The van der Waals surface area contributed by atoms with Crippen LogP contribution in [0.25, 0.3) is 0 Å². The van der Waals surface area contributed by atoms with Crippen molar-refractivity contribution >= 4 is 15.9 Å². The molecule has 2 fully saturated rings. The predicted molar refractivity (Wildman–Crippen MR) is 86.0 cm³/mol. The van der Waals surface area contributed by atoms with E-state index in [0.29, 0.717) is 32.0 Å². The van der Waals surface area contributed by atoms with Crippen molar-refractivity contribution in [2.45, 2.75) is 32.2 Å². The molecule has 1 amide bonds. The SMILES string of the molecule is Cc1ncoc1C(=O)N1CCC2(CCOC[C@H]2NS(C)(=O)=O)CC1. The number of hydrogen-bond donors (Lipinski definition) is 1. The third-order valence-electron chi connectivity index (χ3n) is 5.11. The molecule has 0 bridgehead atoms. The van der Waals surface area contributed by atoms with Gasteiger partial charge in [-0.2, -0.15) is 0 Å². The van der Waals surface area contributed by atoms with E-state index in [1.807, 2.05) is 0 Å². The fourth-order valence-electron chi connectivity index (χ4n) is 3.65. The molecule has 3 heterocycles. The molecule has 1 spiro atoms. The summed E-state index contributed by atoms with van der Waals surface area (Å²) >= 11 is 0. The van der Waals surface area contributed by atoms with Gasteiger partial charge in [-0.05, 0) is 31.6 Å². The lowest BCUT2D eigenvalue weighted by Crippen LogP contribution is -2.57. The highest BCUT2D eigenvalue weighted by Crippen LogP contribution is 2.41. The van der Waals surface area contributed by atoms with Crippen LogP contribution in [0, 0.1) is 12.3 Å². The monoisotopic (exact) mass is 357 g/mol. The Morgan fingerprint density at radius 3 is 2.67 bits per heavy atom. The van der Waals surface area contributed by atoms with Gasteiger partial charge in [-0.15, -0.1) is 0 Å². The number of ether oxygens (including phenoxy) is 1. The van der Waals surface area contributed by atoms with Gasteiger partial charge in [-0.25, -0.2) is 18.1 Å². The number of aryl methyl sites for hydroxylation is 1. The maximum Gasteiger partial charge on any atom is 0.291 e. The predicted octanol–water partition coefficient (Wildman–Crippen LogP) is 0.544.